The van der Waals surface area contributed by atoms with Gasteiger partial charge in [-0.05, 0) is 12.8 Å². The van der Waals surface area contributed by atoms with E-state index in [9.17, 15) is 14.7 Å². The monoisotopic (exact) mass is 299 g/mol. The van der Waals surface area contributed by atoms with Gasteiger partial charge < -0.3 is 10.0 Å². The zero-order chi connectivity index (χ0) is 15.4. The summed E-state index contributed by atoms with van der Waals surface area (Å²) in [5.74, 6) is -0.395. The molecule has 1 fully saturated rings. The highest BCUT2D eigenvalue weighted by atomic mass is 32.2. The molecule has 20 heavy (non-hydrogen) atoms. The van der Waals surface area contributed by atoms with E-state index in [4.69, 9.17) is 5.26 Å². The van der Waals surface area contributed by atoms with Crippen LogP contribution in [0.4, 0.5) is 4.79 Å². The van der Waals surface area contributed by atoms with Crippen molar-refractivity contribution in [1.82, 2.24) is 9.80 Å². The first kappa shape index (κ1) is 16.6. The number of carbonyl (C=O) groups is 2. The number of thioether (sulfide) groups is 1. The molecule has 0 spiro atoms. The van der Waals surface area contributed by atoms with Gasteiger partial charge in [0.25, 0.3) is 0 Å². The maximum absolute atomic E-state index is 12.6. The molecule has 0 aliphatic carbocycles. The van der Waals surface area contributed by atoms with Gasteiger partial charge in [0.1, 0.15) is 6.04 Å². The average molecular weight is 299 g/mol. The lowest BCUT2D eigenvalue weighted by molar-refractivity contribution is -0.141. The number of hydrogen-bond acceptors (Lipinski definition) is 4. The van der Waals surface area contributed by atoms with Gasteiger partial charge in [-0.2, -0.15) is 5.26 Å². The zero-order valence-electron chi connectivity index (χ0n) is 12.2. The van der Waals surface area contributed by atoms with E-state index in [1.165, 1.54) is 21.6 Å². The molecule has 0 aromatic heterocycles. The minimum Gasteiger partial charge on any atom is -0.480 e. The Morgan fingerprint density at radius 3 is 2.55 bits per heavy atom. The SMILES string of the molecule is CC(C)C1SCC(C(=O)O)N1C(=O)N(C)C(C)CC#N. The van der Waals surface area contributed by atoms with Crippen molar-refractivity contribution in [1.29, 1.82) is 5.26 Å². The van der Waals surface area contributed by atoms with Crippen molar-refractivity contribution in [3.05, 3.63) is 0 Å². The van der Waals surface area contributed by atoms with Crippen LogP contribution in [-0.4, -0.2) is 57.2 Å². The lowest BCUT2D eigenvalue weighted by atomic mass is 10.1. The van der Waals surface area contributed by atoms with Gasteiger partial charge in [-0.25, -0.2) is 9.59 Å². The molecule has 0 bridgehead atoms. The Bertz CT molecular complexity index is 422. The topological polar surface area (TPSA) is 84.6 Å². The molecule has 0 aromatic carbocycles. The summed E-state index contributed by atoms with van der Waals surface area (Å²) in [4.78, 5) is 26.8. The largest absolute Gasteiger partial charge is 0.480 e. The van der Waals surface area contributed by atoms with Crippen LogP contribution in [0.1, 0.15) is 27.2 Å². The minimum absolute atomic E-state index is 0.139. The highest BCUT2D eigenvalue weighted by Gasteiger charge is 2.44. The summed E-state index contributed by atoms with van der Waals surface area (Å²) >= 11 is 1.50. The Balaban J connectivity index is 2.95. The van der Waals surface area contributed by atoms with E-state index >= 15 is 0 Å². The number of nitrogens with zero attached hydrogens (tertiary/aromatic N) is 3. The Kier molecular flexibility index (Phi) is 5.69. The van der Waals surface area contributed by atoms with E-state index in [0.29, 0.717) is 5.75 Å². The Hall–Kier alpha value is -1.42. The van der Waals surface area contributed by atoms with Gasteiger partial charge in [0.05, 0.1) is 17.9 Å². The minimum atomic E-state index is -0.977. The number of urea groups is 1. The van der Waals surface area contributed by atoms with Crippen molar-refractivity contribution >= 4 is 23.8 Å². The second-order valence-corrected chi connectivity index (χ2v) is 6.48. The molecule has 1 saturated heterocycles. The summed E-state index contributed by atoms with van der Waals surface area (Å²) in [6, 6.07) is 0.681. The molecule has 1 heterocycles. The van der Waals surface area contributed by atoms with E-state index < -0.39 is 12.0 Å². The quantitative estimate of drug-likeness (QED) is 0.856. The number of rotatable bonds is 4. The molecule has 6 nitrogen and oxygen atoms in total. The molecule has 1 aliphatic heterocycles. The molecule has 0 saturated carbocycles. The molecular weight excluding hydrogens is 278 g/mol. The second kappa shape index (κ2) is 6.84. The van der Waals surface area contributed by atoms with E-state index in [0.717, 1.165) is 0 Å². The third-order valence-electron chi connectivity index (χ3n) is 3.46. The Morgan fingerprint density at radius 1 is 1.50 bits per heavy atom. The number of nitriles is 1. The fourth-order valence-electron chi connectivity index (χ4n) is 2.11. The molecule has 3 unspecified atom stereocenters. The van der Waals surface area contributed by atoms with Crippen LogP contribution >= 0.6 is 11.8 Å². The summed E-state index contributed by atoms with van der Waals surface area (Å²) < 4.78 is 0. The van der Waals surface area contributed by atoms with Gasteiger partial charge in [0, 0.05) is 18.8 Å². The van der Waals surface area contributed by atoms with E-state index in [2.05, 4.69) is 0 Å². The third kappa shape index (κ3) is 3.37. The highest BCUT2D eigenvalue weighted by Crippen LogP contribution is 2.35. The number of amides is 2. The lowest BCUT2D eigenvalue weighted by Crippen LogP contribution is -2.53. The second-order valence-electron chi connectivity index (χ2n) is 5.33. The van der Waals surface area contributed by atoms with Crippen LogP contribution in [-0.2, 0) is 4.79 Å². The van der Waals surface area contributed by atoms with Crippen molar-refractivity contribution in [2.75, 3.05) is 12.8 Å². The van der Waals surface area contributed by atoms with Crippen molar-refractivity contribution < 1.29 is 14.7 Å². The first-order valence-electron chi connectivity index (χ1n) is 6.57. The van der Waals surface area contributed by atoms with Gasteiger partial charge >= 0.3 is 12.0 Å². The van der Waals surface area contributed by atoms with E-state index in [-0.39, 0.29) is 29.8 Å². The van der Waals surface area contributed by atoms with E-state index in [1.807, 2.05) is 19.9 Å². The van der Waals surface area contributed by atoms with Crippen molar-refractivity contribution in [2.45, 2.75) is 44.6 Å². The van der Waals surface area contributed by atoms with E-state index in [1.54, 1.807) is 14.0 Å². The molecule has 0 aromatic rings. The predicted molar refractivity (Wildman–Crippen MR) is 77.2 cm³/mol. The molecule has 1 aliphatic rings. The fourth-order valence-corrected chi connectivity index (χ4v) is 3.58. The third-order valence-corrected chi connectivity index (χ3v) is 5.08. The predicted octanol–water partition coefficient (Wildman–Crippen LogP) is 1.82. The van der Waals surface area contributed by atoms with Crippen LogP contribution in [0, 0.1) is 17.2 Å². The molecule has 1 rings (SSSR count). The number of carboxylic acids is 1. The van der Waals surface area contributed by atoms with Gasteiger partial charge in [-0.15, -0.1) is 11.8 Å². The summed E-state index contributed by atoms with van der Waals surface area (Å²) in [5.41, 5.74) is 0. The fraction of sp³-hybridized carbons (Fsp3) is 0.769. The molecule has 112 valence electrons. The van der Waals surface area contributed by atoms with Gasteiger partial charge in [0.15, 0.2) is 0 Å². The van der Waals surface area contributed by atoms with Crippen LogP contribution in [0.2, 0.25) is 0 Å². The van der Waals surface area contributed by atoms with Gasteiger partial charge in [0.2, 0.25) is 0 Å². The standard InChI is InChI=1S/C13H21N3O3S/c1-8(2)11-16(10(7-20-11)12(17)18)13(19)15(4)9(3)5-6-14/h8-11H,5,7H2,1-4H3,(H,17,18). The number of aliphatic carboxylic acids is 1. The summed E-state index contributed by atoms with van der Waals surface area (Å²) in [6.45, 7) is 5.73. The van der Waals surface area contributed by atoms with Crippen molar-refractivity contribution in [3.8, 4) is 6.07 Å². The maximum atomic E-state index is 12.6. The summed E-state index contributed by atoms with van der Waals surface area (Å²) in [5, 5.41) is 17.9. The summed E-state index contributed by atoms with van der Waals surface area (Å²) in [6.07, 6.45) is 0.229. The first-order valence-corrected chi connectivity index (χ1v) is 7.62. The van der Waals surface area contributed by atoms with Crippen LogP contribution in [0.25, 0.3) is 0 Å². The van der Waals surface area contributed by atoms with Crippen molar-refractivity contribution in [2.24, 2.45) is 5.92 Å². The normalized spacial score (nSPS) is 23.5. The zero-order valence-corrected chi connectivity index (χ0v) is 13.1. The molecule has 7 heteroatoms. The Morgan fingerprint density at radius 2 is 2.10 bits per heavy atom. The lowest BCUT2D eigenvalue weighted by Gasteiger charge is -2.35. The van der Waals surface area contributed by atoms with Crippen molar-refractivity contribution in [3.63, 3.8) is 0 Å². The van der Waals surface area contributed by atoms with Crippen LogP contribution < -0.4 is 0 Å². The number of carboxylic acid groups (broad SMARTS) is 1. The summed E-state index contributed by atoms with van der Waals surface area (Å²) in [7, 11) is 1.61. The molecular formula is C13H21N3O3S. The number of hydrogen-bond donors (Lipinski definition) is 1. The number of carbonyl (C=O) groups excluding carboxylic acids is 1. The smallest absolute Gasteiger partial charge is 0.327 e. The maximum Gasteiger partial charge on any atom is 0.327 e. The average Bonchev–Trinajstić information content (AvgIpc) is 2.82. The molecule has 2 amide bonds. The first-order chi connectivity index (χ1) is 9.31. The highest BCUT2D eigenvalue weighted by molar-refractivity contribution is 8.00. The van der Waals surface area contributed by atoms with Crippen LogP contribution in [0.15, 0.2) is 0 Å². The molecule has 1 N–H and O–H groups in total. The van der Waals surface area contributed by atoms with Crippen LogP contribution in [0.3, 0.4) is 0 Å². The van der Waals surface area contributed by atoms with Gasteiger partial charge in [-0.1, -0.05) is 13.8 Å². The van der Waals surface area contributed by atoms with Crippen LogP contribution in [0.5, 0.6) is 0 Å². The van der Waals surface area contributed by atoms with Gasteiger partial charge in [-0.3, -0.25) is 4.90 Å². The molecule has 0 radical (unpaired) electrons. The Labute approximate surface area is 123 Å². The molecule has 3 atom stereocenters.